The van der Waals surface area contributed by atoms with Gasteiger partial charge in [-0.25, -0.2) is 4.98 Å². The van der Waals surface area contributed by atoms with Crippen LogP contribution in [0.3, 0.4) is 0 Å². The Morgan fingerprint density at radius 2 is 1.94 bits per heavy atom. The molecule has 188 valence electrons. The average Bonchev–Trinajstić information content (AvgIpc) is 3.24. The highest BCUT2D eigenvalue weighted by Crippen LogP contribution is 2.36. The number of anilines is 3. The third kappa shape index (κ3) is 4.63. The Kier molecular flexibility index (Phi) is 6.23. The van der Waals surface area contributed by atoms with Crippen LogP contribution in [0.4, 0.5) is 17.6 Å². The maximum absolute atomic E-state index is 9.09. The molecule has 0 spiro atoms. The van der Waals surface area contributed by atoms with Gasteiger partial charge in [-0.05, 0) is 57.4 Å². The van der Waals surface area contributed by atoms with E-state index >= 15 is 0 Å². The van der Waals surface area contributed by atoms with Gasteiger partial charge >= 0.3 is 0 Å². The van der Waals surface area contributed by atoms with Gasteiger partial charge < -0.3 is 15.5 Å². The van der Waals surface area contributed by atoms with Crippen molar-refractivity contribution in [2.24, 2.45) is 0 Å². The lowest BCUT2D eigenvalue weighted by Gasteiger charge is -2.48. The topological polar surface area (TPSA) is 109 Å². The number of aromatic nitrogens is 4. The number of fused-ring (bicyclic) bond motifs is 3. The molecule has 2 unspecified atom stereocenters. The lowest BCUT2D eigenvalue weighted by atomic mass is 9.81. The van der Waals surface area contributed by atoms with Crippen molar-refractivity contribution in [1.29, 1.82) is 5.26 Å². The summed E-state index contributed by atoms with van der Waals surface area (Å²) in [6, 6.07) is 12.3. The van der Waals surface area contributed by atoms with Crippen LogP contribution in [-0.4, -0.2) is 74.8 Å². The first kappa shape index (κ1) is 23.2. The monoisotopic (exact) mass is 485 g/mol. The first-order valence-electron chi connectivity index (χ1n) is 13.2. The summed E-state index contributed by atoms with van der Waals surface area (Å²) in [5, 5.41) is 24.6. The first-order valence-corrected chi connectivity index (χ1v) is 13.2. The number of likely N-dealkylation sites (N-methyl/N-ethyl adjacent to an activating group) is 1. The standard InChI is InChI=1S/C27H35N9/c1-17-11-25(34-33-17)31-26-23-8-7-18(19-15-35(2)16-19)12-24(23)30-27(32-26)29-20-13-21-5-3-6-22(14-20)36(21)10-4-9-28/h7-8,11-12,19-22H,3-6,10,13-16H2,1-2H3,(H3,29,30,31,32,33,34). The summed E-state index contributed by atoms with van der Waals surface area (Å²) < 4.78 is 0. The van der Waals surface area contributed by atoms with E-state index in [1.807, 2.05) is 13.0 Å². The fourth-order valence-electron chi connectivity index (χ4n) is 6.40. The summed E-state index contributed by atoms with van der Waals surface area (Å²) in [5.74, 6) is 2.77. The maximum atomic E-state index is 9.09. The number of hydrogen-bond acceptors (Lipinski definition) is 8. The van der Waals surface area contributed by atoms with Gasteiger partial charge in [-0.1, -0.05) is 12.5 Å². The predicted octanol–water partition coefficient (Wildman–Crippen LogP) is 4.15. The molecule has 0 saturated carbocycles. The van der Waals surface area contributed by atoms with Crippen molar-refractivity contribution < 1.29 is 0 Å². The third-order valence-corrected chi connectivity index (χ3v) is 8.15. The first-order chi connectivity index (χ1) is 17.6. The van der Waals surface area contributed by atoms with Crippen LogP contribution in [0.5, 0.6) is 0 Å². The van der Waals surface area contributed by atoms with E-state index < -0.39 is 0 Å². The molecule has 0 radical (unpaired) electrons. The molecule has 2 atom stereocenters. The molecule has 3 aliphatic heterocycles. The molecule has 3 fully saturated rings. The van der Waals surface area contributed by atoms with Crippen LogP contribution in [0.1, 0.15) is 55.7 Å². The maximum Gasteiger partial charge on any atom is 0.225 e. The Morgan fingerprint density at radius 1 is 1.14 bits per heavy atom. The minimum atomic E-state index is 0.333. The van der Waals surface area contributed by atoms with Crippen LogP contribution in [0, 0.1) is 18.3 Å². The molecular weight excluding hydrogens is 450 g/mol. The van der Waals surface area contributed by atoms with Gasteiger partial charge in [-0.15, -0.1) is 0 Å². The molecule has 3 N–H and O–H groups in total. The van der Waals surface area contributed by atoms with Crippen LogP contribution in [0.2, 0.25) is 0 Å². The molecule has 0 amide bonds. The predicted molar refractivity (Wildman–Crippen MR) is 141 cm³/mol. The number of aromatic amines is 1. The van der Waals surface area contributed by atoms with Gasteiger partial charge in [-0.2, -0.15) is 15.3 Å². The number of nitriles is 1. The molecule has 5 heterocycles. The molecule has 6 rings (SSSR count). The van der Waals surface area contributed by atoms with E-state index in [4.69, 9.17) is 15.2 Å². The van der Waals surface area contributed by atoms with Crippen molar-refractivity contribution in [3.63, 3.8) is 0 Å². The third-order valence-electron chi connectivity index (χ3n) is 8.15. The number of hydrogen-bond donors (Lipinski definition) is 3. The second-order valence-corrected chi connectivity index (χ2v) is 10.8. The van der Waals surface area contributed by atoms with Gasteiger partial charge in [0.15, 0.2) is 5.82 Å². The molecule has 2 bridgehead atoms. The quantitative estimate of drug-likeness (QED) is 0.458. The summed E-state index contributed by atoms with van der Waals surface area (Å²) in [6.45, 7) is 5.06. The van der Waals surface area contributed by atoms with E-state index in [0.29, 0.717) is 36.4 Å². The second kappa shape index (κ2) is 9.68. The zero-order chi connectivity index (χ0) is 24.6. The number of aryl methyl sites for hydroxylation is 1. The molecule has 3 saturated heterocycles. The largest absolute Gasteiger partial charge is 0.351 e. The van der Waals surface area contributed by atoms with Crippen LogP contribution in [0.25, 0.3) is 10.9 Å². The van der Waals surface area contributed by atoms with Gasteiger partial charge in [0.05, 0.1) is 11.6 Å². The van der Waals surface area contributed by atoms with E-state index in [-0.39, 0.29) is 0 Å². The molecule has 3 aromatic rings. The molecule has 36 heavy (non-hydrogen) atoms. The van der Waals surface area contributed by atoms with E-state index in [1.54, 1.807) is 0 Å². The number of nitrogens with zero attached hydrogens (tertiary/aromatic N) is 6. The van der Waals surface area contributed by atoms with E-state index in [0.717, 1.165) is 60.7 Å². The van der Waals surface area contributed by atoms with Gasteiger partial charge in [0, 0.05) is 67.2 Å². The van der Waals surface area contributed by atoms with E-state index in [2.05, 4.69) is 61.9 Å². The van der Waals surface area contributed by atoms with Gasteiger partial charge in [0.2, 0.25) is 5.95 Å². The Bertz CT molecular complexity index is 1260. The van der Waals surface area contributed by atoms with Crippen molar-refractivity contribution in [3.05, 3.63) is 35.5 Å². The molecule has 9 heteroatoms. The van der Waals surface area contributed by atoms with Crippen molar-refractivity contribution >= 4 is 28.5 Å². The Balaban J connectivity index is 1.28. The smallest absolute Gasteiger partial charge is 0.225 e. The van der Waals surface area contributed by atoms with Crippen LogP contribution in [0.15, 0.2) is 24.3 Å². The summed E-state index contributed by atoms with van der Waals surface area (Å²) in [5.41, 5.74) is 3.30. The summed E-state index contributed by atoms with van der Waals surface area (Å²) in [6.07, 6.45) is 6.46. The molecular formula is C27H35N9. The number of rotatable bonds is 7. The highest BCUT2D eigenvalue weighted by molar-refractivity contribution is 5.92. The summed E-state index contributed by atoms with van der Waals surface area (Å²) in [7, 11) is 2.16. The number of nitrogens with one attached hydrogen (secondary N) is 3. The van der Waals surface area contributed by atoms with Gasteiger partial charge in [0.1, 0.15) is 5.82 Å². The van der Waals surface area contributed by atoms with Crippen LogP contribution in [-0.2, 0) is 0 Å². The van der Waals surface area contributed by atoms with Crippen molar-refractivity contribution in [2.45, 2.75) is 69.5 Å². The number of benzene rings is 1. The van der Waals surface area contributed by atoms with Crippen molar-refractivity contribution in [3.8, 4) is 6.07 Å². The second-order valence-electron chi connectivity index (χ2n) is 10.8. The highest BCUT2D eigenvalue weighted by Gasteiger charge is 2.38. The number of H-pyrrole nitrogens is 1. The summed E-state index contributed by atoms with van der Waals surface area (Å²) >= 11 is 0. The minimum Gasteiger partial charge on any atom is -0.351 e. The average molecular weight is 486 g/mol. The number of likely N-dealkylation sites (tertiary alicyclic amines) is 1. The van der Waals surface area contributed by atoms with Gasteiger partial charge in [-0.3, -0.25) is 10.00 Å². The zero-order valence-corrected chi connectivity index (χ0v) is 21.2. The highest BCUT2D eigenvalue weighted by atomic mass is 15.2. The summed E-state index contributed by atoms with van der Waals surface area (Å²) in [4.78, 5) is 14.9. The normalized spacial score (nSPS) is 24.9. The lowest BCUT2D eigenvalue weighted by Crippen LogP contribution is -2.55. The Labute approximate surface area is 212 Å². The molecule has 2 aromatic heterocycles. The van der Waals surface area contributed by atoms with E-state index in [9.17, 15) is 0 Å². The Hall–Kier alpha value is -3.22. The van der Waals surface area contributed by atoms with Crippen LogP contribution >= 0.6 is 0 Å². The zero-order valence-electron chi connectivity index (χ0n) is 21.2. The molecule has 9 nitrogen and oxygen atoms in total. The number of piperidine rings is 2. The van der Waals surface area contributed by atoms with Gasteiger partial charge in [0.25, 0.3) is 0 Å². The lowest BCUT2D eigenvalue weighted by molar-refractivity contribution is 0.0369. The SMILES string of the molecule is Cc1cc(Nc2nc(NC3CC4CCCC(C3)N4CCC#N)nc3cc(C4CN(C)C4)ccc23)n[nH]1. The van der Waals surface area contributed by atoms with Crippen molar-refractivity contribution in [1.82, 2.24) is 30.0 Å². The Morgan fingerprint density at radius 3 is 2.64 bits per heavy atom. The molecule has 1 aromatic carbocycles. The van der Waals surface area contributed by atoms with Crippen molar-refractivity contribution in [2.75, 3.05) is 37.3 Å². The fourth-order valence-corrected chi connectivity index (χ4v) is 6.40. The van der Waals surface area contributed by atoms with E-state index in [1.165, 1.54) is 24.8 Å². The fraction of sp³-hybridized carbons (Fsp3) is 0.556. The minimum absolute atomic E-state index is 0.333. The van der Waals surface area contributed by atoms with Crippen LogP contribution < -0.4 is 10.6 Å². The molecule has 0 aliphatic carbocycles. The molecule has 3 aliphatic rings.